The molecule has 0 unspecified atom stereocenters. The van der Waals surface area contributed by atoms with E-state index in [1.165, 1.54) is 0 Å². The maximum Gasteiger partial charge on any atom is 0.450 e. The van der Waals surface area contributed by atoms with Crippen molar-refractivity contribution in [3.8, 4) is 0 Å². The molecule has 0 aromatic carbocycles. The SMILES string of the molecule is O=S(=O)(F)C(F)(F)C(F)(OC(F)=C(F)F)C(F)(F)S(=O)(=O)F. The molecule has 0 aliphatic rings. The van der Waals surface area contributed by atoms with Gasteiger partial charge in [-0.15, -0.1) is 0 Å². The van der Waals surface area contributed by atoms with Gasteiger partial charge >= 0.3 is 48.9 Å². The molecule has 0 aromatic heterocycles. The van der Waals surface area contributed by atoms with Crippen molar-refractivity contribution in [1.29, 1.82) is 0 Å². The average molecular weight is 394 g/mol. The third-order valence-corrected chi connectivity index (χ3v) is 3.49. The van der Waals surface area contributed by atoms with E-state index < -0.39 is 48.9 Å². The van der Waals surface area contributed by atoms with Crippen LogP contribution in [0.15, 0.2) is 12.1 Å². The summed E-state index contributed by atoms with van der Waals surface area (Å²) in [4.78, 5) is 0. The second-order valence-electron chi connectivity index (χ2n) is 3.14. The zero-order valence-corrected chi connectivity index (χ0v) is 10.8. The Labute approximate surface area is 114 Å². The molecule has 0 spiro atoms. The van der Waals surface area contributed by atoms with Gasteiger partial charge in [0.2, 0.25) is 0 Å². The lowest BCUT2D eigenvalue weighted by Crippen LogP contribution is -2.63. The number of hydrogen-bond acceptors (Lipinski definition) is 5. The summed E-state index contributed by atoms with van der Waals surface area (Å²) >= 11 is 0. The first-order valence-electron chi connectivity index (χ1n) is 4.05. The van der Waals surface area contributed by atoms with Crippen LogP contribution in [-0.2, 0) is 25.2 Å². The van der Waals surface area contributed by atoms with Crippen LogP contribution in [0.3, 0.4) is 0 Å². The highest BCUT2D eigenvalue weighted by Gasteiger charge is 2.84. The predicted octanol–water partition coefficient (Wildman–Crippen LogP) is 2.49. The van der Waals surface area contributed by atoms with E-state index >= 15 is 0 Å². The minimum atomic E-state index is -7.85. The van der Waals surface area contributed by atoms with E-state index in [0.29, 0.717) is 0 Å². The molecular formula is C5F10O5S2. The molecular weight excluding hydrogens is 394 g/mol. The molecule has 0 aromatic rings. The van der Waals surface area contributed by atoms with E-state index in [-0.39, 0.29) is 0 Å². The van der Waals surface area contributed by atoms with Crippen LogP contribution in [0.1, 0.15) is 0 Å². The van der Waals surface area contributed by atoms with Crippen molar-refractivity contribution in [2.24, 2.45) is 0 Å². The van der Waals surface area contributed by atoms with Gasteiger partial charge in [0.05, 0.1) is 0 Å². The summed E-state index contributed by atoms with van der Waals surface area (Å²) in [6.07, 6.45) is -3.96. The van der Waals surface area contributed by atoms with Crippen LogP contribution in [0.4, 0.5) is 42.9 Å². The smallest absolute Gasteiger partial charge is 0.417 e. The van der Waals surface area contributed by atoms with Crippen molar-refractivity contribution in [2.45, 2.75) is 16.4 Å². The second kappa shape index (κ2) is 5.43. The van der Waals surface area contributed by atoms with Gasteiger partial charge in [-0.1, -0.05) is 7.77 Å². The lowest BCUT2D eigenvalue weighted by atomic mass is 10.3. The van der Waals surface area contributed by atoms with Crippen molar-refractivity contribution < 1.29 is 64.5 Å². The average Bonchev–Trinajstić information content (AvgIpc) is 2.24. The van der Waals surface area contributed by atoms with E-state index in [2.05, 4.69) is 0 Å². The maximum atomic E-state index is 13.4. The first-order chi connectivity index (χ1) is 9.33. The van der Waals surface area contributed by atoms with E-state index in [4.69, 9.17) is 0 Å². The third kappa shape index (κ3) is 3.08. The van der Waals surface area contributed by atoms with Crippen LogP contribution in [-0.4, -0.2) is 33.2 Å². The largest absolute Gasteiger partial charge is 0.450 e. The second-order valence-corrected chi connectivity index (χ2v) is 5.92. The van der Waals surface area contributed by atoms with Crippen LogP contribution in [0.25, 0.3) is 0 Å². The Morgan fingerprint density at radius 2 is 1.00 bits per heavy atom. The molecule has 0 heterocycles. The van der Waals surface area contributed by atoms with Gasteiger partial charge in [0.25, 0.3) is 0 Å². The minimum absolute atomic E-state index is 1.94. The van der Waals surface area contributed by atoms with Crippen LogP contribution in [0, 0.1) is 0 Å². The fraction of sp³-hybridized carbons (Fsp3) is 0.600. The molecule has 132 valence electrons. The highest BCUT2D eigenvalue weighted by atomic mass is 32.3. The summed E-state index contributed by atoms with van der Waals surface area (Å²) in [5.41, 5.74) is 0. The molecule has 0 N–H and O–H groups in total. The van der Waals surface area contributed by atoms with Crippen molar-refractivity contribution >= 4 is 20.4 Å². The first-order valence-corrected chi connectivity index (χ1v) is 6.82. The van der Waals surface area contributed by atoms with Gasteiger partial charge in [0.15, 0.2) is 0 Å². The van der Waals surface area contributed by atoms with Crippen LogP contribution in [0.5, 0.6) is 0 Å². The molecule has 0 fully saturated rings. The number of alkyl halides is 5. The fourth-order valence-electron chi connectivity index (χ4n) is 0.764. The highest BCUT2D eigenvalue weighted by molar-refractivity contribution is 7.88. The molecule has 0 aliphatic carbocycles. The molecule has 0 bridgehead atoms. The van der Waals surface area contributed by atoms with E-state index in [0.717, 1.165) is 0 Å². The monoisotopic (exact) mass is 394 g/mol. The summed E-state index contributed by atoms with van der Waals surface area (Å²) in [6.45, 7) is 0. The lowest BCUT2D eigenvalue weighted by Gasteiger charge is -2.33. The Hall–Kier alpha value is -1.26. The van der Waals surface area contributed by atoms with Gasteiger partial charge in [-0.3, -0.25) is 0 Å². The topological polar surface area (TPSA) is 77.5 Å². The molecule has 0 radical (unpaired) electrons. The molecule has 0 aliphatic heterocycles. The normalized spacial score (nSPS) is 14.6. The molecule has 5 nitrogen and oxygen atoms in total. The van der Waals surface area contributed by atoms with Crippen molar-refractivity contribution in [2.75, 3.05) is 0 Å². The van der Waals surface area contributed by atoms with Crippen molar-refractivity contribution in [3.05, 3.63) is 12.1 Å². The van der Waals surface area contributed by atoms with Crippen LogP contribution < -0.4 is 0 Å². The van der Waals surface area contributed by atoms with Gasteiger partial charge in [-0.2, -0.15) is 52.0 Å². The number of halogens is 10. The molecule has 0 atom stereocenters. The molecule has 0 saturated heterocycles. The Kier molecular flexibility index (Phi) is 5.12. The summed E-state index contributed by atoms with van der Waals surface area (Å²) in [7, 11) is -15.7. The predicted molar refractivity (Wildman–Crippen MR) is 45.2 cm³/mol. The summed E-state index contributed by atoms with van der Waals surface area (Å²) < 4.78 is 166. The van der Waals surface area contributed by atoms with Crippen molar-refractivity contribution in [3.63, 3.8) is 0 Å². The maximum absolute atomic E-state index is 13.4. The highest BCUT2D eigenvalue weighted by Crippen LogP contribution is 2.52. The first kappa shape index (κ1) is 20.7. The summed E-state index contributed by atoms with van der Waals surface area (Å²) in [6, 6.07) is -3.98. The summed E-state index contributed by atoms with van der Waals surface area (Å²) in [5, 5.41) is -14.6. The van der Waals surface area contributed by atoms with E-state index in [1.807, 2.05) is 4.74 Å². The van der Waals surface area contributed by atoms with E-state index in [1.54, 1.807) is 0 Å². The Morgan fingerprint density at radius 3 is 1.18 bits per heavy atom. The Balaban J connectivity index is 6.70. The Bertz CT molecular complexity index is 630. The molecule has 0 rings (SSSR count). The number of rotatable bonds is 6. The number of ether oxygens (including phenoxy) is 1. The zero-order valence-electron chi connectivity index (χ0n) is 9.14. The summed E-state index contributed by atoms with van der Waals surface area (Å²) in [5.74, 6) is -7.24. The zero-order chi connectivity index (χ0) is 18.4. The number of hydrogen-bond donors (Lipinski definition) is 0. The van der Waals surface area contributed by atoms with Gasteiger partial charge < -0.3 is 4.74 Å². The van der Waals surface area contributed by atoms with E-state index in [9.17, 15) is 59.7 Å². The van der Waals surface area contributed by atoms with Crippen LogP contribution in [0.2, 0.25) is 0 Å². The third-order valence-electron chi connectivity index (χ3n) is 1.74. The fourth-order valence-corrected chi connectivity index (χ4v) is 1.80. The standard InChI is InChI=1S/C5F10O5S2/c6-1(7)2(8)20-3(9,4(10,11)21(14,16)17)5(12,13)22(15,18)19. The van der Waals surface area contributed by atoms with Gasteiger partial charge in [-0.05, 0) is 0 Å². The lowest BCUT2D eigenvalue weighted by molar-refractivity contribution is -0.304. The van der Waals surface area contributed by atoms with Crippen molar-refractivity contribution in [1.82, 2.24) is 0 Å². The Morgan fingerprint density at radius 1 is 0.727 bits per heavy atom. The molecule has 0 saturated carbocycles. The molecule has 22 heavy (non-hydrogen) atoms. The minimum Gasteiger partial charge on any atom is -0.417 e. The van der Waals surface area contributed by atoms with Gasteiger partial charge in [0, 0.05) is 0 Å². The van der Waals surface area contributed by atoms with Crippen LogP contribution >= 0.6 is 0 Å². The molecule has 0 amide bonds. The molecule has 17 heteroatoms. The van der Waals surface area contributed by atoms with Gasteiger partial charge in [0.1, 0.15) is 0 Å². The quantitative estimate of drug-likeness (QED) is 0.393. The van der Waals surface area contributed by atoms with Gasteiger partial charge in [-0.25, -0.2) is 0 Å².